The molecule has 2 N–H and O–H groups in total. The lowest BCUT2D eigenvalue weighted by Crippen LogP contribution is -2.24. The van der Waals surface area contributed by atoms with Crippen LogP contribution in [0.5, 0.6) is 0 Å². The molecule has 0 aliphatic carbocycles. The van der Waals surface area contributed by atoms with Gasteiger partial charge in [0.2, 0.25) is 0 Å². The van der Waals surface area contributed by atoms with Gasteiger partial charge in [0.1, 0.15) is 0 Å². The zero-order valence-electron chi connectivity index (χ0n) is 7.82. The van der Waals surface area contributed by atoms with Gasteiger partial charge in [-0.1, -0.05) is 0 Å². The Hall–Kier alpha value is -0.160. The van der Waals surface area contributed by atoms with Gasteiger partial charge in [-0.05, 0) is 25.7 Å². The standard InChI is InChI=1S/C9H18O4/c10-7-8(11)4-6-13-9-3-1-2-5-12-9/h8-11H,1-7H2/t8-,9?/m1/s1. The number of aliphatic hydroxyl groups excluding tert-OH is 2. The van der Waals surface area contributed by atoms with Crippen molar-refractivity contribution in [2.24, 2.45) is 0 Å². The van der Waals surface area contributed by atoms with Crippen molar-refractivity contribution in [2.75, 3.05) is 19.8 Å². The zero-order chi connectivity index (χ0) is 9.52. The van der Waals surface area contributed by atoms with Crippen molar-refractivity contribution in [2.45, 2.75) is 38.1 Å². The molecular weight excluding hydrogens is 172 g/mol. The van der Waals surface area contributed by atoms with E-state index >= 15 is 0 Å². The van der Waals surface area contributed by atoms with Crippen LogP contribution in [0, 0.1) is 0 Å². The minimum absolute atomic E-state index is 0.0976. The predicted octanol–water partition coefficient (Wildman–Crippen LogP) is 0.273. The summed E-state index contributed by atoms with van der Waals surface area (Å²) >= 11 is 0. The van der Waals surface area contributed by atoms with E-state index in [0.717, 1.165) is 25.9 Å². The smallest absolute Gasteiger partial charge is 0.157 e. The highest BCUT2D eigenvalue weighted by Gasteiger charge is 2.14. The monoisotopic (exact) mass is 190 g/mol. The molecule has 0 saturated carbocycles. The first-order valence-electron chi connectivity index (χ1n) is 4.85. The lowest BCUT2D eigenvalue weighted by molar-refractivity contribution is -0.166. The normalized spacial score (nSPS) is 25.8. The molecule has 13 heavy (non-hydrogen) atoms. The van der Waals surface area contributed by atoms with Gasteiger partial charge >= 0.3 is 0 Å². The number of aliphatic hydroxyl groups is 2. The number of rotatable bonds is 5. The van der Waals surface area contributed by atoms with Crippen molar-refractivity contribution >= 4 is 0 Å². The quantitative estimate of drug-likeness (QED) is 0.653. The van der Waals surface area contributed by atoms with Gasteiger partial charge in [0.05, 0.1) is 19.3 Å². The Labute approximate surface area is 78.5 Å². The van der Waals surface area contributed by atoms with Crippen LogP contribution in [0.1, 0.15) is 25.7 Å². The first kappa shape index (κ1) is 10.9. The Morgan fingerprint density at radius 3 is 2.92 bits per heavy atom. The first-order valence-corrected chi connectivity index (χ1v) is 4.85. The summed E-state index contributed by atoms with van der Waals surface area (Å²) in [7, 11) is 0. The average molecular weight is 190 g/mol. The van der Waals surface area contributed by atoms with Crippen LogP contribution in [-0.2, 0) is 9.47 Å². The third kappa shape index (κ3) is 4.57. The van der Waals surface area contributed by atoms with E-state index in [1.54, 1.807) is 0 Å². The molecule has 0 aromatic heterocycles. The number of hydrogen-bond donors (Lipinski definition) is 2. The summed E-state index contributed by atoms with van der Waals surface area (Å²) in [6.45, 7) is 1.02. The topological polar surface area (TPSA) is 58.9 Å². The Bertz CT molecular complexity index is 123. The molecule has 4 nitrogen and oxygen atoms in total. The van der Waals surface area contributed by atoms with Crippen LogP contribution >= 0.6 is 0 Å². The molecule has 1 saturated heterocycles. The van der Waals surface area contributed by atoms with Crippen molar-refractivity contribution in [1.29, 1.82) is 0 Å². The van der Waals surface area contributed by atoms with Crippen LogP contribution in [0.4, 0.5) is 0 Å². The average Bonchev–Trinajstić information content (AvgIpc) is 2.19. The van der Waals surface area contributed by atoms with E-state index in [9.17, 15) is 0 Å². The fraction of sp³-hybridized carbons (Fsp3) is 1.00. The highest BCUT2D eigenvalue weighted by atomic mass is 16.7. The summed E-state index contributed by atoms with van der Waals surface area (Å²) in [5.41, 5.74) is 0. The second-order valence-corrected chi connectivity index (χ2v) is 3.29. The van der Waals surface area contributed by atoms with Crippen LogP contribution in [0.15, 0.2) is 0 Å². The van der Waals surface area contributed by atoms with E-state index in [2.05, 4.69) is 0 Å². The Kier molecular flexibility index (Phi) is 5.31. The minimum Gasteiger partial charge on any atom is -0.394 e. The second-order valence-electron chi connectivity index (χ2n) is 3.29. The molecule has 0 radical (unpaired) electrons. The molecule has 0 amide bonds. The van der Waals surface area contributed by atoms with Crippen LogP contribution < -0.4 is 0 Å². The van der Waals surface area contributed by atoms with Crippen molar-refractivity contribution in [3.05, 3.63) is 0 Å². The number of ether oxygens (including phenoxy) is 2. The van der Waals surface area contributed by atoms with E-state index in [4.69, 9.17) is 19.7 Å². The maximum absolute atomic E-state index is 9.02. The molecule has 4 heteroatoms. The summed E-state index contributed by atoms with van der Waals surface area (Å²) in [6.07, 6.45) is 2.90. The fourth-order valence-electron chi connectivity index (χ4n) is 1.27. The van der Waals surface area contributed by atoms with E-state index < -0.39 is 6.10 Å². The number of hydrogen-bond acceptors (Lipinski definition) is 4. The van der Waals surface area contributed by atoms with Gasteiger partial charge in [-0.3, -0.25) is 0 Å². The SMILES string of the molecule is OC[C@H](O)CCOC1CCCCO1. The molecule has 0 aromatic carbocycles. The van der Waals surface area contributed by atoms with Crippen molar-refractivity contribution < 1.29 is 19.7 Å². The van der Waals surface area contributed by atoms with Gasteiger partial charge in [0, 0.05) is 6.61 Å². The lowest BCUT2D eigenvalue weighted by Gasteiger charge is -2.22. The largest absolute Gasteiger partial charge is 0.394 e. The third-order valence-electron chi connectivity index (χ3n) is 2.10. The molecule has 1 rings (SSSR count). The zero-order valence-corrected chi connectivity index (χ0v) is 7.82. The molecule has 1 unspecified atom stereocenters. The molecule has 1 aliphatic heterocycles. The molecule has 0 spiro atoms. The van der Waals surface area contributed by atoms with Crippen LogP contribution in [0.2, 0.25) is 0 Å². The molecule has 2 atom stereocenters. The molecule has 1 fully saturated rings. The van der Waals surface area contributed by atoms with E-state index in [0.29, 0.717) is 13.0 Å². The Morgan fingerprint density at radius 1 is 1.46 bits per heavy atom. The van der Waals surface area contributed by atoms with Crippen molar-refractivity contribution in [3.63, 3.8) is 0 Å². The van der Waals surface area contributed by atoms with Crippen LogP contribution in [0.25, 0.3) is 0 Å². The van der Waals surface area contributed by atoms with Crippen LogP contribution in [0.3, 0.4) is 0 Å². The van der Waals surface area contributed by atoms with Crippen LogP contribution in [-0.4, -0.2) is 42.4 Å². The molecule has 1 heterocycles. The Morgan fingerprint density at radius 2 is 2.31 bits per heavy atom. The van der Waals surface area contributed by atoms with E-state index in [1.165, 1.54) is 0 Å². The van der Waals surface area contributed by atoms with Gasteiger partial charge in [-0.25, -0.2) is 0 Å². The summed E-state index contributed by atoms with van der Waals surface area (Å²) in [4.78, 5) is 0. The van der Waals surface area contributed by atoms with Crippen molar-refractivity contribution in [3.8, 4) is 0 Å². The maximum atomic E-state index is 9.02. The van der Waals surface area contributed by atoms with E-state index in [-0.39, 0.29) is 12.9 Å². The highest BCUT2D eigenvalue weighted by molar-refractivity contribution is 4.56. The summed E-state index contributed by atoms with van der Waals surface area (Å²) in [5.74, 6) is 0. The molecule has 0 aromatic rings. The van der Waals surface area contributed by atoms with E-state index in [1.807, 2.05) is 0 Å². The van der Waals surface area contributed by atoms with Gasteiger partial charge < -0.3 is 19.7 Å². The summed E-state index contributed by atoms with van der Waals surface area (Å²) in [6, 6.07) is 0. The predicted molar refractivity (Wildman–Crippen MR) is 47.3 cm³/mol. The minimum atomic E-state index is -0.663. The molecule has 78 valence electrons. The maximum Gasteiger partial charge on any atom is 0.157 e. The van der Waals surface area contributed by atoms with Crippen molar-refractivity contribution in [1.82, 2.24) is 0 Å². The lowest BCUT2D eigenvalue weighted by atomic mass is 10.2. The molecular formula is C9H18O4. The fourth-order valence-corrected chi connectivity index (χ4v) is 1.27. The Balaban J connectivity index is 1.98. The highest BCUT2D eigenvalue weighted by Crippen LogP contribution is 2.13. The van der Waals surface area contributed by atoms with Gasteiger partial charge in [0.15, 0.2) is 6.29 Å². The second kappa shape index (κ2) is 6.32. The summed E-state index contributed by atoms with van der Waals surface area (Å²) in [5, 5.41) is 17.6. The molecule has 0 bridgehead atoms. The van der Waals surface area contributed by atoms with Gasteiger partial charge in [-0.2, -0.15) is 0 Å². The first-order chi connectivity index (χ1) is 6.33. The van der Waals surface area contributed by atoms with Gasteiger partial charge in [-0.15, -0.1) is 0 Å². The third-order valence-corrected chi connectivity index (χ3v) is 2.10. The summed E-state index contributed by atoms with van der Waals surface area (Å²) < 4.78 is 10.7. The molecule has 1 aliphatic rings. The van der Waals surface area contributed by atoms with Gasteiger partial charge in [0.25, 0.3) is 0 Å².